The fourth-order valence-electron chi connectivity index (χ4n) is 6.35. The Bertz CT molecular complexity index is 714. The van der Waals surface area contributed by atoms with E-state index in [4.69, 9.17) is 4.74 Å². The van der Waals surface area contributed by atoms with E-state index in [2.05, 4.69) is 10.6 Å². The Labute approximate surface area is 161 Å². The highest BCUT2D eigenvalue weighted by Gasteiger charge is 2.60. The number of nitrogens with one attached hydrogen (secondary N) is 2. The molecule has 5 rings (SSSR count). The molecule has 4 saturated carbocycles. The molecule has 2 atom stereocenters. The molecule has 27 heavy (non-hydrogen) atoms. The van der Waals surface area contributed by atoms with Gasteiger partial charge < -0.3 is 15.4 Å². The number of carbonyl (C=O) groups excluding carboxylic acids is 2. The number of methoxy groups -OCH3 is 1. The van der Waals surface area contributed by atoms with Gasteiger partial charge in [0.25, 0.3) is 0 Å². The lowest BCUT2D eigenvalue weighted by Crippen LogP contribution is -2.65. The highest BCUT2D eigenvalue weighted by Crippen LogP contribution is 2.61. The summed E-state index contributed by atoms with van der Waals surface area (Å²) >= 11 is 0. The predicted molar refractivity (Wildman–Crippen MR) is 103 cm³/mol. The van der Waals surface area contributed by atoms with Crippen LogP contribution in [0.15, 0.2) is 24.3 Å². The summed E-state index contributed by atoms with van der Waals surface area (Å²) < 4.78 is 5.19. The SMILES string of the molecule is COc1ccc(CCNC(=O)C23C[C@H]4C[C@@H](CC(NC(C)=O)(C4)C2)C3)cc1. The molecule has 1 aromatic rings. The van der Waals surface area contributed by atoms with E-state index < -0.39 is 0 Å². The van der Waals surface area contributed by atoms with E-state index in [9.17, 15) is 9.59 Å². The van der Waals surface area contributed by atoms with Crippen LogP contribution < -0.4 is 15.4 Å². The first kappa shape index (κ1) is 18.3. The van der Waals surface area contributed by atoms with Crippen LogP contribution in [0.3, 0.4) is 0 Å². The average molecular weight is 370 g/mol. The van der Waals surface area contributed by atoms with Crippen LogP contribution in [-0.2, 0) is 16.0 Å². The molecule has 0 radical (unpaired) electrons. The molecular weight excluding hydrogens is 340 g/mol. The molecule has 0 saturated heterocycles. The van der Waals surface area contributed by atoms with E-state index in [1.165, 1.54) is 12.0 Å². The molecule has 2 amide bonds. The lowest BCUT2D eigenvalue weighted by molar-refractivity contribution is -0.153. The monoisotopic (exact) mass is 370 g/mol. The maximum absolute atomic E-state index is 13.2. The molecule has 5 nitrogen and oxygen atoms in total. The molecule has 2 N–H and O–H groups in total. The second-order valence-corrected chi connectivity index (χ2v) is 9.06. The van der Waals surface area contributed by atoms with Crippen LogP contribution in [0.4, 0.5) is 0 Å². The standard InChI is InChI=1S/C22H30N2O3/c1-15(25)24-22-12-17-9-18(13-22)11-21(10-17,14-22)20(26)23-8-7-16-3-5-19(27-2)6-4-16/h3-6,17-18H,7-14H2,1-2H3,(H,23,26)(H,24,25)/t17-,18-,21?,22?/m1/s1. The zero-order chi connectivity index (χ0) is 19.1. The fourth-order valence-corrected chi connectivity index (χ4v) is 6.35. The number of hydrogen-bond donors (Lipinski definition) is 2. The Kier molecular flexibility index (Phi) is 4.65. The van der Waals surface area contributed by atoms with Crippen molar-refractivity contribution < 1.29 is 14.3 Å². The van der Waals surface area contributed by atoms with Crippen LogP contribution in [0.5, 0.6) is 5.75 Å². The van der Waals surface area contributed by atoms with Crippen molar-refractivity contribution in [1.82, 2.24) is 10.6 Å². The van der Waals surface area contributed by atoms with Gasteiger partial charge in [-0.1, -0.05) is 12.1 Å². The van der Waals surface area contributed by atoms with Crippen molar-refractivity contribution in [2.45, 2.75) is 57.4 Å². The molecule has 4 aliphatic carbocycles. The van der Waals surface area contributed by atoms with Crippen LogP contribution in [0.2, 0.25) is 0 Å². The maximum atomic E-state index is 13.2. The van der Waals surface area contributed by atoms with Crippen molar-refractivity contribution in [1.29, 1.82) is 0 Å². The Hall–Kier alpha value is -2.04. The Morgan fingerprint density at radius 3 is 2.37 bits per heavy atom. The zero-order valence-electron chi connectivity index (χ0n) is 16.3. The second kappa shape index (κ2) is 6.84. The van der Waals surface area contributed by atoms with E-state index >= 15 is 0 Å². The fraction of sp³-hybridized carbons (Fsp3) is 0.636. The van der Waals surface area contributed by atoms with Gasteiger partial charge in [-0.15, -0.1) is 0 Å². The third-order valence-electron chi connectivity index (χ3n) is 6.84. The van der Waals surface area contributed by atoms with Gasteiger partial charge in [-0.2, -0.15) is 0 Å². The minimum atomic E-state index is -0.285. The van der Waals surface area contributed by atoms with E-state index in [1.807, 2.05) is 24.3 Å². The van der Waals surface area contributed by atoms with Gasteiger partial charge in [0.15, 0.2) is 0 Å². The molecule has 146 valence electrons. The van der Waals surface area contributed by atoms with Crippen LogP contribution >= 0.6 is 0 Å². The summed E-state index contributed by atoms with van der Waals surface area (Å²) in [5.41, 5.74) is 0.756. The first-order valence-electron chi connectivity index (χ1n) is 10.1. The van der Waals surface area contributed by atoms with Gasteiger partial charge in [0, 0.05) is 19.0 Å². The molecule has 0 unspecified atom stereocenters. The number of rotatable bonds is 6. The van der Waals surface area contributed by atoms with Crippen LogP contribution in [0.25, 0.3) is 0 Å². The van der Waals surface area contributed by atoms with Gasteiger partial charge in [-0.3, -0.25) is 9.59 Å². The summed E-state index contributed by atoms with van der Waals surface area (Å²) in [7, 11) is 1.66. The molecule has 4 aliphatic rings. The van der Waals surface area contributed by atoms with Crippen molar-refractivity contribution >= 4 is 11.8 Å². The van der Waals surface area contributed by atoms with Gasteiger partial charge in [0.05, 0.1) is 12.5 Å². The largest absolute Gasteiger partial charge is 0.497 e. The third kappa shape index (κ3) is 3.56. The molecule has 4 fully saturated rings. The number of carbonyl (C=O) groups is 2. The maximum Gasteiger partial charge on any atom is 0.226 e. The van der Waals surface area contributed by atoms with Gasteiger partial charge >= 0.3 is 0 Å². The summed E-state index contributed by atoms with van der Waals surface area (Å²) in [6, 6.07) is 7.99. The molecular formula is C22H30N2O3. The summed E-state index contributed by atoms with van der Waals surface area (Å²) in [6.07, 6.45) is 6.91. The molecule has 0 heterocycles. The van der Waals surface area contributed by atoms with Crippen LogP contribution in [0, 0.1) is 17.3 Å². The normalized spacial score (nSPS) is 33.6. The van der Waals surface area contributed by atoms with Crippen molar-refractivity contribution in [3.63, 3.8) is 0 Å². The number of amides is 2. The predicted octanol–water partition coefficient (Wildman–Crippen LogP) is 2.83. The molecule has 5 heteroatoms. The van der Waals surface area contributed by atoms with E-state index in [0.29, 0.717) is 18.4 Å². The minimum Gasteiger partial charge on any atom is -0.497 e. The summed E-state index contributed by atoms with van der Waals surface area (Å²) in [5, 5.41) is 6.43. The van der Waals surface area contributed by atoms with Crippen molar-refractivity contribution in [2.75, 3.05) is 13.7 Å². The summed E-state index contributed by atoms with van der Waals surface area (Å²) in [5.74, 6) is 2.22. The number of benzene rings is 1. The van der Waals surface area contributed by atoms with Gasteiger partial charge in [0.1, 0.15) is 5.75 Å². The third-order valence-corrected chi connectivity index (χ3v) is 6.84. The highest BCUT2D eigenvalue weighted by atomic mass is 16.5. The first-order chi connectivity index (χ1) is 12.9. The van der Waals surface area contributed by atoms with E-state index in [0.717, 1.165) is 44.3 Å². The summed E-state index contributed by atoms with van der Waals surface area (Å²) in [4.78, 5) is 24.9. The Morgan fingerprint density at radius 2 is 1.78 bits per heavy atom. The Balaban J connectivity index is 1.39. The molecule has 4 bridgehead atoms. The van der Waals surface area contributed by atoms with Crippen LogP contribution in [0.1, 0.15) is 51.0 Å². The van der Waals surface area contributed by atoms with Crippen LogP contribution in [-0.4, -0.2) is 31.0 Å². The van der Waals surface area contributed by atoms with Gasteiger partial charge in [-0.25, -0.2) is 0 Å². The number of hydrogen-bond acceptors (Lipinski definition) is 3. The lowest BCUT2D eigenvalue weighted by atomic mass is 9.46. The smallest absolute Gasteiger partial charge is 0.226 e. The molecule has 1 aromatic carbocycles. The topological polar surface area (TPSA) is 67.4 Å². The Morgan fingerprint density at radius 1 is 1.11 bits per heavy atom. The van der Waals surface area contributed by atoms with Gasteiger partial charge in [0.2, 0.25) is 11.8 Å². The van der Waals surface area contributed by atoms with E-state index in [1.54, 1.807) is 14.0 Å². The molecule has 0 spiro atoms. The zero-order valence-corrected chi connectivity index (χ0v) is 16.3. The molecule has 0 aromatic heterocycles. The van der Waals surface area contributed by atoms with Gasteiger partial charge in [-0.05, 0) is 74.5 Å². The number of ether oxygens (including phenoxy) is 1. The highest BCUT2D eigenvalue weighted by molar-refractivity contribution is 5.84. The van der Waals surface area contributed by atoms with Crippen molar-refractivity contribution in [3.05, 3.63) is 29.8 Å². The first-order valence-corrected chi connectivity index (χ1v) is 10.1. The van der Waals surface area contributed by atoms with Crippen molar-refractivity contribution in [3.8, 4) is 5.75 Å². The second-order valence-electron chi connectivity index (χ2n) is 9.06. The molecule has 0 aliphatic heterocycles. The quantitative estimate of drug-likeness (QED) is 0.809. The minimum absolute atomic E-state index is 0.0343. The summed E-state index contributed by atoms with van der Waals surface area (Å²) in [6.45, 7) is 2.25. The van der Waals surface area contributed by atoms with E-state index in [-0.39, 0.29) is 22.8 Å². The average Bonchev–Trinajstić information content (AvgIpc) is 2.60. The lowest BCUT2D eigenvalue weighted by Gasteiger charge is -2.61. The van der Waals surface area contributed by atoms with Crippen molar-refractivity contribution in [2.24, 2.45) is 17.3 Å².